The van der Waals surface area contributed by atoms with Gasteiger partial charge >= 0.3 is 0 Å². The normalized spacial score (nSPS) is 11.4. The molecule has 0 saturated heterocycles. The lowest BCUT2D eigenvalue weighted by molar-refractivity contribution is 0.0757. The number of hydrogen-bond acceptors (Lipinski definition) is 4. The first-order valence-electron chi connectivity index (χ1n) is 11.4. The minimum Gasteiger partial charge on any atom is -0.379 e. The number of para-hydroxylation sites is 1. The van der Waals surface area contributed by atoms with Crippen molar-refractivity contribution in [3.05, 3.63) is 95.6 Å². The van der Waals surface area contributed by atoms with Gasteiger partial charge in [0, 0.05) is 13.2 Å². The van der Waals surface area contributed by atoms with Gasteiger partial charge in [-0.15, -0.1) is 0 Å². The van der Waals surface area contributed by atoms with E-state index in [4.69, 9.17) is 4.74 Å². The minimum atomic E-state index is -3.93. The topological polar surface area (TPSA) is 75.7 Å². The molecule has 7 heteroatoms. The van der Waals surface area contributed by atoms with Gasteiger partial charge in [-0.2, -0.15) is 0 Å². The van der Waals surface area contributed by atoms with Crippen LogP contribution in [0.3, 0.4) is 0 Å². The molecule has 0 fully saturated rings. The lowest BCUT2D eigenvalue weighted by Crippen LogP contribution is -2.34. The number of aryl methyl sites for hydroxylation is 1. The molecule has 0 bridgehead atoms. The zero-order chi connectivity index (χ0) is 24.6. The van der Waals surface area contributed by atoms with Crippen LogP contribution < -0.4 is 9.62 Å². The number of anilines is 1. The molecule has 0 heterocycles. The second kappa shape index (κ2) is 11.8. The van der Waals surface area contributed by atoms with E-state index in [1.165, 1.54) is 4.31 Å². The van der Waals surface area contributed by atoms with E-state index in [9.17, 15) is 13.2 Å². The predicted molar refractivity (Wildman–Crippen MR) is 135 cm³/mol. The molecular formula is C27H32N2O4S. The highest BCUT2D eigenvalue weighted by molar-refractivity contribution is 7.92. The summed E-state index contributed by atoms with van der Waals surface area (Å²) in [7, 11) is -3.93. The van der Waals surface area contributed by atoms with E-state index in [1.54, 1.807) is 48.5 Å². The molecule has 0 radical (unpaired) electrons. The largest absolute Gasteiger partial charge is 0.379 e. The predicted octanol–water partition coefficient (Wildman–Crippen LogP) is 4.94. The average molecular weight is 481 g/mol. The van der Waals surface area contributed by atoms with Gasteiger partial charge in [-0.25, -0.2) is 8.42 Å². The van der Waals surface area contributed by atoms with E-state index in [0.29, 0.717) is 30.8 Å². The molecule has 0 unspecified atom stereocenters. The Bertz CT molecular complexity index is 1180. The van der Waals surface area contributed by atoms with Crippen molar-refractivity contribution in [1.29, 1.82) is 0 Å². The highest BCUT2D eigenvalue weighted by atomic mass is 32.2. The summed E-state index contributed by atoms with van der Waals surface area (Å²) >= 11 is 0. The molecule has 0 aromatic heterocycles. The van der Waals surface area contributed by atoms with Crippen LogP contribution in [0.5, 0.6) is 0 Å². The first kappa shape index (κ1) is 25.5. The van der Waals surface area contributed by atoms with E-state index < -0.39 is 10.0 Å². The van der Waals surface area contributed by atoms with Gasteiger partial charge in [-0.1, -0.05) is 60.2 Å². The SMILES string of the molecule is Cc1ccc(S(=O)(=O)N(Cc2ccccc2)c2ccccc2C(=O)NCCCOC(C)C)cc1. The summed E-state index contributed by atoms with van der Waals surface area (Å²) in [5, 5.41) is 2.89. The van der Waals surface area contributed by atoms with Crippen molar-refractivity contribution in [2.24, 2.45) is 0 Å². The number of hydrogen-bond donors (Lipinski definition) is 1. The van der Waals surface area contributed by atoms with Crippen molar-refractivity contribution in [2.75, 3.05) is 17.5 Å². The third kappa shape index (κ3) is 6.68. The zero-order valence-electron chi connectivity index (χ0n) is 19.9. The van der Waals surface area contributed by atoms with Crippen LogP contribution in [-0.2, 0) is 21.3 Å². The van der Waals surface area contributed by atoms with Gasteiger partial charge in [0.25, 0.3) is 15.9 Å². The van der Waals surface area contributed by atoms with E-state index >= 15 is 0 Å². The molecule has 1 amide bonds. The molecule has 0 atom stereocenters. The number of nitrogens with zero attached hydrogens (tertiary/aromatic N) is 1. The first-order chi connectivity index (χ1) is 16.3. The number of sulfonamides is 1. The van der Waals surface area contributed by atoms with Crippen molar-refractivity contribution in [3.8, 4) is 0 Å². The second-order valence-electron chi connectivity index (χ2n) is 8.36. The van der Waals surface area contributed by atoms with Crippen LogP contribution >= 0.6 is 0 Å². The lowest BCUT2D eigenvalue weighted by Gasteiger charge is -2.26. The molecule has 180 valence electrons. The van der Waals surface area contributed by atoms with E-state index in [0.717, 1.165) is 11.1 Å². The Morgan fingerprint density at radius 3 is 2.26 bits per heavy atom. The van der Waals surface area contributed by atoms with Crippen LogP contribution in [0.4, 0.5) is 5.69 Å². The molecule has 3 rings (SSSR count). The van der Waals surface area contributed by atoms with Gasteiger partial charge in [-0.3, -0.25) is 9.10 Å². The molecule has 6 nitrogen and oxygen atoms in total. The molecule has 0 saturated carbocycles. The molecule has 34 heavy (non-hydrogen) atoms. The summed E-state index contributed by atoms with van der Waals surface area (Å²) in [5.74, 6) is -0.322. The Balaban J connectivity index is 1.94. The number of carbonyl (C=O) groups is 1. The summed E-state index contributed by atoms with van der Waals surface area (Å²) in [6, 6.07) is 22.9. The number of benzene rings is 3. The second-order valence-corrected chi connectivity index (χ2v) is 10.2. The first-order valence-corrected chi connectivity index (χ1v) is 12.8. The van der Waals surface area contributed by atoms with Crippen LogP contribution in [-0.4, -0.2) is 33.6 Å². The fraction of sp³-hybridized carbons (Fsp3) is 0.296. The monoisotopic (exact) mass is 480 g/mol. The Morgan fingerprint density at radius 2 is 1.59 bits per heavy atom. The fourth-order valence-corrected chi connectivity index (χ4v) is 4.93. The zero-order valence-corrected chi connectivity index (χ0v) is 20.7. The lowest BCUT2D eigenvalue weighted by atomic mass is 10.1. The summed E-state index contributed by atoms with van der Waals surface area (Å²) in [4.78, 5) is 13.2. The number of amides is 1. The smallest absolute Gasteiger partial charge is 0.264 e. The molecular weight excluding hydrogens is 448 g/mol. The Hall–Kier alpha value is -3.16. The van der Waals surface area contributed by atoms with Crippen LogP contribution in [0.15, 0.2) is 83.8 Å². The fourth-order valence-electron chi connectivity index (χ4n) is 3.46. The van der Waals surface area contributed by atoms with Gasteiger partial charge < -0.3 is 10.1 Å². The molecule has 3 aromatic carbocycles. The Morgan fingerprint density at radius 1 is 0.941 bits per heavy atom. The van der Waals surface area contributed by atoms with Gasteiger partial charge in [0.05, 0.1) is 28.8 Å². The van der Waals surface area contributed by atoms with Crippen molar-refractivity contribution in [3.63, 3.8) is 0 Å². The van der Waals surface area contributed by atoms with E-state index in [2.05, 4.69) is 5.32 Å². The van der Waals surface area contributed by atoms with Crippen molar-refractivity contribution >= 4 is 21.6 Å². The summed E-state index contributed by atoms with van der Waals surface area (Å²) < 4.78 is 34.4. The van der Waals surface area contributed by atoms with Crippen molar-refractivity contribution in [2.45, 2.75) is 44.7 Å². The average Bonchev–Trinajstić information content (AvgIpc) is 2.83. The van der Waals surface area contributed by atoms with Crippen LogP contribution in [0.2, 0.25) is 0 Å². The van der Waals surface area contributed by atoms with E-state index in [-0.39, 0.29) is 23.5 Å². The third-order valence-corrected chi connectivity index (χ3v) is 7.03. The quantitative estimate of drug-likeness (QED) is 0.395. The highest BCUT2D eigenvalue weighted by Gasteiger charge is 2.28. The van der Waals surface area contributed by atoms with Gasteiger partial charge in [0.1, 0.15) is 0 Å². The maximum atomic E-state index is 13.8. The third-order valence-electron chi connectivity index (χ3n) is 5.25. The Labute approximate surface area is 202 Å². The van der Waals surface area contributed by atoms with Crippen LogP contribution in [0, 0.1) is 6.92 Å². The molecule has 1 N–H and O–H groups in total. The number of nitrogens with one attached hydrogen (secondary N) is 1. The summed E-state index contributed by atoms with van der Waals surface area (Å²) in [6.45, 7) is 6.91. The number of ether oxygens (including phenoxy) is 1. The Kier molecular flexibility index (Phi) is 8.85. The summed E-state index contributed by atoms with van der Waals surface area (Å²) in [6.07, 6.45) is 0.802. The van der Waals surface area contributed by atoms with Crippen molar-refractivity contribution < 1.29 is 17.9 Å². The minimum absolute atomic E-state index is 0.101. The van der Waals surface area contributed by atoms with Crippen LogP contribution in [0.1, 0.15) is 41.8 Å². The van der Waals surface area contributed by atoms with Gasteiger partial charge in [0.15, 0.2) is 0 Å². The van der Waals surface area contributed by atoms with Gasteiger partial charge in [0.2, 0.25) is 0 Å². The molecule has 0 aliphatic heterocycles. The van der Waals surface area contributed by atoms with Crippen molar-refractivity contribution in [1.82, 2.24) is 5.32 Å². The molecule has 3 aromatic rings. The molecule has 0 aliphatic rings. The van der Waals surface area contributed by atoms with Crippen LogP contribution in [0.25, 0.3) is 0 Å². The van der Waals surface area contributed by atoms with Gasteiger partial charge in [-0.05, 0) is 57.0 Å². The maximum Gasteiger partial charge on any atom is 0.264 e. The highest BCUT2D eigenvalue weighted by Crippen LogP contribution is 2.29. The molecule has 0 spiro atoms. The number of carbonyl (C=O) groups excluding carboxylic acids is 1. The molecule has 0 aliphatic carbocycles. The van der Waals surface area contributed by atoms with E-state index in [1.807, 2.05) is 51.1 Å². The number of rotatable bonds is 11. The standard InChI is InChI=1S/C27H32N2O4S/c1-21(2)33-19-9-18-28-27(30)25-12-7-8-13-26(25)29(20-23-10-5-4-6-11-23)34(31,32)24-16-14-22(3)15-17-24/h4-8,10-17,21H,9,18-20H2,1-3H3,(H,28,30). The maximum absolute atomic E-state index is 13.8. The summed E-state index contributed by atoms with van der Waals surface area (Å²) in [5.41, 5.74) is 2.43.